The van der Waals surface area contributed by atoms with Gasteiger partial charge < -0.3 is 15.7 Å². The maximum atomic E-state index is 12.4. The second kappa shape index (κ2) is 9.73. The van der Waals surface area contributed by atoms with Crippen molar-refractivity contribution in [3.05, 3.63) is 64.7 Å². The minimum atomic E-state index is -1.09. The number of benzene rings is 2. The second-order valence-electron chi connectivity index (χ2n) is 6.23. The summed E-state index contributed by atoms with van der Waals surface area (Å²) in [4.78, 5) is 34.4. The summed E-state index contributed by atoms with van der Waals surface area (Å²) >= 11 is 6.13. The Kier molecular flexibility index (Phi) is 7.37. The maximum absolute atomic E-state index is 12.4. The number of carbonyl (C=O) groups excluding carboxylic acids is 2. The Morgan fingerprint density at radius 2 is 1.74 bits per heavy atom. The van der Waals surface area contributed by atoms with Crippen molar-refractivity contribution >= 4 is 35.1 Å². The number of carbonyl (C=O) groups is 3. The Morgan fingerprint density at radius 1 is 1.07 bits per heavy atom. The number of hydrogen-bond acceptors (Lipinski definition) is 3. The molecule has 3 N–H and O–H groups in total. The van der Waals surface area contributed by atoms with Crippen LogP contribution in [0.5, 0.6) is 0 Å². The van der Waals surface area contributed by atoms with E-state index in [-0.39, 0.29) is 24.2 Å². The molecule has 2 amide bonds. The fraction of sp³-hybridized carbons (Fsp3) is 0.250. The normalized spacial score (nSPS) is 11.5. The topological polar surface area (TPSA) is 95.5 Å². The van der Waals surface area contributed by atoms with Gasteiger partial charge in [0.05, 0.1) is 6.42 Å². The minimum absolute atomic E-state index is 0.0738. The first-order chi connectivity index (χ1) is 12.8. The number of halogens is 1. The zero-order valence-corrected chi connectivity index (χ0v) is 15.6. The maximum Gasteiger partial charge on any atom is 0.322 e. The van der Waals surface area contributed by atoms with E-state index in [1.807, 2.05) is 25.1 Å². The molecule has 2 aromatic rings. The van der Waals surface area contributed by atoms with Crippen LogP contribution in [0.15, 0.2) is 48.5 Å². The third kappa shape index (κ3) is 6.75. The van der Waals surface area contributed by atoms with Gasteiger partial charge in [0.1, 0.15) is 6.54 Å². The van der Waals surface area contributed by atoms with E-state index in [2.05, 4.69) is 10.6 Å². The Hall–Kier alpha value is -2.86. The molecule has 2 rings (SSSR count). The molecule has 7 heteroatoms. The van der Waals surface area contributed by atoms with E-state index in [1.54, 1.807) is 30.3 Å². The summed E-state index contributed by atoms with van der Waals surface area (Å²) in [5.74, 6) is -1.84. The zero-order valence-electron chi connectivity index (χ0n) is 14.9. The van der Waals surface area contributed by atoms with Crippen LogP contribution in [-0.4, -0.2) is 29.4 Å². The van der Waals surface area contributed by atoms with Crippen LogP contribution in [-0.2, 0) is 27.2 Å². The molecule has 2 aromatic carbocycles. The van der Waals surface area contributed by atoms with Crippen LogP contribution in [0.3, 0.4) is 0 Å². The van der Waals surface area contributed by atoms with Crippen LogP contribution < -0.4 is 10.6 Å². The zero-order chi connectivity index (χ0) is 19.8. The van der Waals surface area contributed by atoms with Crippen LogP contribution in [0.1, 0.15) is 18.1 Å². The molecule has 0 radical (unpaired) electrons. The summed E-state index contributed by atoms with van der Waals surface area (Å²) in [6.45, 7) is 1.43. The third-order valence-corrected chi connectivity index (χ3v) is 4.32. The monoisotopic (exact) mass is 388 g/mol. The van der Waals surface area contributed by atoms with Gasteiger partial charge in [-0.2, -0.15) is 0 Å². The van der Waals surface area contributed by atoms with Crippen LogP contribution in [0, 0.1) is 5.92 Å². The highest BCUT2D eigenvalue weighted by molar-refractivity contribution is 6.31. The average Bonchev–Trinajstić information content (AvgIpc) is 2.63. The summed E-state index contributed by atoms with van der Waals surface area (Å²) < 4.78 is 0. The molecule has 0 aliphatic heterocycles. The van der Waals surface area contributed by atoms with Crippen LogP contribution in [0.2, 0.25) is 5.02 Å². The molecule has 27 heavy (non-hydrogen) atoms. The fourth-order valence-electron chi connectivity index (χ4n) is 2.48. The van der Waals surface area contributed by atoms with Crippen LogP contribution in [0.4, 0.5) is 5.69 Å². The van der Waals surface area contributed by atoms with Crippen molar-refractivity contribution in [2.24, 2.45) is 5.92 Å². The van der Waals surface area contributed by atoms with Crippen LogP contribution >= 0.6 is 11.6 Å². The fourth-order valence-corrected chi connectivity index (χ4v) is 2.69. The lowest BCUT2D eigenvalue weighted by atomic mass is 10.00. The number of anilines is 1. The number of carboxylic acid groups (broad SMARTS) is 1. The van der Waals surface area contributed by atoms with Gasteiger partial charge in [0, 0.05) is 16.6 Å². The second-order valence-corrected chi connectivity index (χ2v) is 6.64. The smallest absolute Gasteiger partial charge is 0.322 e. The van der Waals surface area contributed by atoms with Gasteiger partial charge in [0.25, 0.3) is 0 Å². The lowest BCUT2D eigenvalue weighted by Gasteiger charge is -2.13. The largest absolute Gasteiger partial charge is 0.480 e. The first-order valence-electron chi connectivity index (χ1n) is 8.47. The molecule has 1 atom stereocenters. The van der Waals surface area contributed by atoms with Crippen molar-refractivity contribution in [1.82, 2.24) is 5.32 Å². The van der Waals surface area contributed by atoms with Crippen molar-refractivity contribution in [3.63, 3.8) is 0 Å². The summed E-state index contributed by atoms with van der Waals surface area (Å²) in [6.07, 6.45) is 0.609. The molecular formula is C20H21ClN2O4. The lowest BCUT2D eigenvalue weighted by molar-refractivity contribution is -0.137. The van der Waals surface area contributed by atoms with E-state index in [0.717, 1.165) is 11.1 Å². The molecule has 0 fully saturated rings. The molecule has 0 saturated heterocycles. The SMILES string of the molecule is CC(Cc1ccccc1Cl)C(=O)Nc1ccc(CC(=O)NCC(=O)O)cc1. The van der Waals surface area contributed by atoms with Gasteiger partial charge in [-0.15, -0.1) is 0 Å². The van der Waals surface area contributed by atoms with Crippen LogP contribution in [0.25, 0.3) is 0 Å². The van der Waals surface area contributed by atoms with Crippen molar-refractivity contribution in [1.29, 1.82) is 0 Å². The Balaban J connectivity index is 1.88. The van der Waals surface area contributed by atoms with Gasteiger partial charge in [-0.25, -0.2) is 0 Å². The van der Waals surface area contributed by atoms with E-state index >= 15 is 0 Å². The highest BCUT2D eigenvalue weighted by atomic mass is 35.5. The van der Waals surface area contributed by atoms with Gasteiger partial charge in [0.15, 0.2) is 0 Å². The molecule has 0 spiro atoms. The van der Waals surface area contributed by atoms with Crippen molar-refractivity contribution in [2.75, 3.05) is 11.9 Å². The predicted molar refractivity (Wildman–Crippen MR) is 104 cm³/mol. The average molecular weight is 389 g/mol. The summed E-state index contributed by atoms with van der Waals surface area (Å²) in [6, 6.07) is 14.3. The van der Waals surface area contributed by atoms with Crippen molar-refractivity contribution < 1.29 is 19.5 Å². The van der Waals surface area contributed by atoms with Crippen molar-refractivity contribution in [3.8, 4) is 0 Å². The first kappa shape index (κ1) is 20.5. The third-order valence-electron chi connectivity index (χ3n) is 3.95. The molecule has 0 aliphatic carbocycles. The molecule has 0 aromatic heterocycles. The highest BCUT2D eigenvalue weighted by Gasteiger charge is 2.15. The number of rotatable bonds is 8. The van der Waals surface area contributed by atoms with Gasteiger partial charge in [-0.05, 0) is 35.7 Å². The van der Waals surface area contributed by atoms with Gasteiger partial charge in [0.2, 0.25) is 11.8 Å². The summed E-state index contributed by atoms with van der Waals surface area (Å²) in [5.41, 5.74) is 2.27. The van der Waals surface area contributed by atoms with Gasteiger partial charge in [-0.3, -0.25) is 14.4 Å². The first-order valence-corrected chi connectivity index (χ1v) is 8.84. The number of hydrogen-bond donors (Lipinski definition) is 3. The van der Waals surface area contributed by atoms with E-state index in [4.69, 9.17) is 16.7 Å². The van der Waals surface area contributed by atoms with E-state index in [1.165, 1.54) is 0 Å². The molecule has 142 valence electrons. The highest BCUT2D eigenvalue weighted by Crippen LogP contribution is 2.20. The molecule has 0 aliphatic rings. The Labute approximate surface area is 162 Å². The van der Waals surface area contributed by atoms with Gasteiger partial charge >= 0.3 is 5.97 Å². The van der Waals surface area contributed by atoms with Gasteiger partial charge in [-0.1, -0.05) is 48.9 Å². The van der Waals surface area contributed by atoms with E-state index in [0.29, 0.717) is 17.1 Å². The summed E-state index contributed by atoms with van der Waals surface area (Å²) in [5, 5.41) is 14.3. The quantitative estimate of drug-likeness (QED) is 0.648. The Morgan fingerprint density at radius 3 is 2.37 bits per heavy atom. The number of aliphatic carboxylic acids is 1. The summed E-state index contributed by atoms with van der Waals surface area (Å²) in [7, 11) is 0. The number of nitrogens with one attached hydrogen (secondary N) is 2. The lowest BCUT2D eigenvalue weighted by Crippen LogP contribution is -2.30. The Bertz CT molecular complexity index is 821. The molecule has 0 heterocycles. The predicted octanol–water partition coefficient (Wildman–Crippen LogP) is 2.90. The number of carboxylic acids is 1. The number of amides is 2. The minimum Gasteiger partial charge on any atom is -0.480 e. The molecule has 0 saturated carbocycles. The molecule has 0 bridgehead atoms. The molecule has 6 nitrogen and oxygen atoms in total. The van der Waals surface area contributed by atoms with E-state index in [9.17, 15) is 14.4 Å². The molecular weight excluding hydrogens is 368 g/mol. The van der Waals surface area contributed by atoms with Crippen molar-refractivity contribution in [2.45, 2.75) is 19.8 Å². The van der Waals surface area contributed by atoms with E-state index < -0.39 is 12.5 Å². The molecule has 1 unspecified atom stereocenters. The standard InChI is InChI=1S/C20H21ClN2O4/c1-13(10-15-4-2-3-5-17(15)21)20(27)23-16-8-6-14(7-9-16)11-18(24)22-12-19(25)26/h2-9,13H,10-12H2,1H3,(H,22,24)(H,23,27)(H,25,26).